The number of aromatic carboxylic acids is 1. The molecule has 0 radical (unpaired) electrons. The lowest BCUT2D eigenvalue weighted by atomic mass is 9.99. The Kier molecular flexibility index (Phi) is 5.00. The second kappa shape index (κ2) is 5.89. The Hall–Kier alpha value is -1.20. The molecule has 0 aliphatic carbocycles. The van der Waals surface area contributed by atoms with Gasteiger partial charge in [-0.1, -0.05) is 20.8 Å². The zero-order valence-corrected chi connectivity index (χ0v) is 15.2. The van der Waals surface area contributed by atoms with Crippen LogP contribution in [-0.2, 0) is 10.8 Å². The van der Waals surface area contributed by atoms with Crippen LogP contribution in [0.2, 0.25) is 18.1 Å². The van der Waals surface area contributed by atoms with Gasteiger partial charge in [-0.05, 0) is 44.1 Å². The average molecular weight is 309 g/mol. The third kappa shape index (κ3) is 4.64. The molecule has 0 aromatic carbocycles. The summed E-state index contributed by atoms with van der Waals surface area (Å²) in [5.74, 6) is -0.943. The molecule has 0 saturated heterocycles. The number of carboxylic acids is 1. The molecule has 0 atom stereocenters. The van der Waals surface area contributed by atoms with Crippen molar-refractivity contribution >= 4 is 14.3 Å². The number of hydrogen-bond acceptors (Lipinski definition) is 3. The molecule has 118 valence electrons. The molecule has 1 aromatic rings. The molecule has 0 saturated carbocycles. The highest BCUT2D eigenvalue weighted by Gasteiger charge is 2.41. The van der Waals surface area contributed by atoms with E-state index in [4.69, 9.17) is 4.43 Å². The molecule has 1 aromatic heterocycles. The van der Waals surface area contributed by atoms with Crippen molar-refractivity contribution in [2.75, 3.05) is 0 Å². The van der Waals surface area contributed by atoms with E-state index in [0.29, 0.717) is 12.1 Å². The maximum absolute atomic E-state index is 11.3. The van der Waals surface area contributed by atoms with Gasteiger partial charge in [0.15, 0.2) is 8.32 Å². The highest BCUT2D eigenvalue weighted by molar-refractivity contribution is 6.74. The van der Waals surface area contributed by atoms with Gasteiger partial charge in [0.1, 0.15) is 0 Å². The number of hydrogen-bond donors (Lipinski definition) is 1. The summed E-state index contributed by atoms with van der Waals surface area (Å²) >= 11 is 0. The van der Waals surface area contributed by atoms with Crippen molar-refractivity contribution < 1.29 is 14.3 Å². The fourth-order valence-corrected chi connectivity index (χ4v) is 3.82. The molecule has 0 amide bonds. The SMILES string of the molecule is CC(C)(Cc1ncccc1C(=O)O)O[Si](C)(C)C(C)(C)C. The van der Waals surface area contributed by atoms with Crippen LogP contribution in [0.4, 0.5) is 0 Å². The van der Waals surface area contributed by atoms with E-state index < -0.39 is 19.9 Å². The Morgan fingerprint density at radius 1 is 1.29 bits per heavy atom. The second-order valence-electron chi connectivity index (χ2n) is 7.60. The number of rotatable bonds is 5. The minimum atomic E-state index is -1.91. The quantitative estimate of drug-likeness (QED) is 0.831. The molecule has 1 heterocycles. The van der Waals surface area contributed by atoms with Crippen LogP contribution in [0.25, 0.3) is 0 Å². The Bertz CT molecular complexity index is 518. The van der Waals surface area contributed by atoms with Crippen LogP contribution in [0, 0.1) is 0 Å². The Morgan fingerprint density at radius 2 is 1.86 bits per heavy atom. The molecular weight excluding hydrogens is 282 g/mol. The zero-order valence-electron chi connectivity index (χ0n) is 14.2. The maximum Gasteiger partial charge on any atom is 0.337 e. The fourth-order valence-electron chi connectivity index (χ4n) is 2.06. The van der Waals surface area contributed by atoms with Crippen molar-refractivity contribution in [1.29, 1.82) is 0 Å². The predicted octanol–water partition coefficient (Wildman–Crippen LogP) is 4.12. The zero-order chi connectivity index (χ0) is 16.5. The summed E-state index contributed by atoms with van der Waals surface area (Å²) in [7, 11) is -1.91. The van der Waals surface area contributed by atoms with Crippen LogP contribution >= 0.6 is 0 Å². The van der Waals surface area contributed by atoms with E-state index in [2.05, 4.69) is 38.8 Å². The van der Waals surface area contributed by atoms with E-state index in [1.807, 2.05) is 13.8 Å². The third-order valence-electron chi connectivity index (χ3n) is 4.05. The minimum Gasteiger partial charge on any atom is -0.478 e. The molecule has 21 heavy (non-hydrogen) atoms. The van der Waals surface area contributed by atoms with Crippen LogP contribution in [0.1, 0.15) is 50.7 Å². The van der Waals surface area contributed by atoms with E-state index in [9.17, 15) is 9.90 Å². The summed E-state index contributed by atoms with van der Waals surface area (Å²) in [4.78, 5) is 15.5. The standard InChI is InChI=1S/C16H27NO3Si/c1-15(2,3)21(6,7)20-16(4,5)11-13-12(14(18)19)9-8-10-17-13/h8-10H,11H2,1-7H3,(H,18,19). The lowest BCUT2D eigenvalue weighted by Crippen LogP contribution is -2.48. The fraction of sp³-hybridized carbons (Fsp3) is 0.625. The molecule has 0 aliphatic heterocycles. The van der Waals surface area contributed by atoms with Crippen molar-refractivity contribution in [1.82, 2.24) is 4.98 Å². The molecule has 4 nitrogen and oxygen atoms in total. The van der Waals surface area contributed by atoms with Gasteiger partial charge in [0.05, 0.1) is 16.9 Å². The van der Waals surface area contributed by atoms with Crippen molar-refractivity contribution in [3.8, 4) is 0 Å². The lowest BCUT2D eigenvalue weighted by Gasteiger charge is -2.42. The van der Waals surface area contributed by atoms with Crippen LogP contribution in [-0.4, -0.2) is 30.0 Å². The summed E-state index contributed by atoms with van der Waals surface area (Å²) in [6.07, 6.45) is 2.12. The molecule has 0 bridgehead atoms. The molecule has 0 spiro atoms. The van der Waals surface area contributed by atoms with E-state index in [-0.39, 0.29) is 10.6 Å². The highest BCUT2D eigenvalue weighted by atomic mass is 28.4. The van der Waals surface area contributed by atoms with Gasteiger partial charge in [0.25, 0.3) is 0 Å². The number of carbonyl (C=O) groups is 1. The number of nitrogens with zero attached hydrogens (tertiary/aromatic N) is 1. The molecular formula is C16H27NO3Si. The Labute approximate surface area is 128 Å². The minimum absolute atomic E-state index is 0.115. The van der Waals surface area contributed by atoms with E-state index in [1.165, 1.54) is 0 Å². The normalized spacial score (nSPS) is 13.3. The largest absolute Gasteiger partial charge is 0.478 e. The summed E-state index contributed by atoms with van der Waals surface area (Å²) in [6.45, 7) is 15.0. The van der Waals surface area contributed by atoms with Crippen molar-refractivity contribution in [3.05, 3.63) is 29.6 Å². The smallest absolute Gasteiger partial charge is 0.337 e. The van der Waals surface area contributed by atoms with Gasteiger partial charge in [-0.15, -0.1) is 0 Å². The van der Waals surface area contributed by atoms with Gasteiger partial charge in [-0.25, -0.2) is 4.79 Å². The number of carboxylic acid groups (broad SMARTS) is 1. The summed E-state index contributed by atoms with van der Waals surface area (Å²) in [6, 6.07) is 3.24. The van der Waals surface area contributed by atoms with Crippen molar-refractivity contribution in [2.24, 2.45) is 0 Å². The highest BCUT2D eigenvalue weighted by Crippen LogP contribution is 2.39. The molecule has 0 fully saturated rings. The van der Waals surface area contributed by atoms with Gasteiger partial charge in [-0.3, -0.25) is 4.98 Å². The average Bonchev–Trinajstić information content (AvgIpc) is 2.25. The first-order valence-corrected chi connectivity index (χ1v) is 10.1. The maximum atomic E-state index is 11.3. The van der Waals surface area contributed by atoms with Crippen LogP contribution < -0.4 is 0 Å². The first kappa shape index (κ1) is 17.8. The van der Waals surface area contributed by atoms with Gasteiger partial charge in [0, 0.05) is 12.6 Å². The van der Waals surface area contributed by atoms with Gasteiger partial charge < -0.3 is 9.53 Å². The number of aromatic nitrogens is 1. The first-order valence-electron chi connectivity index (χ1n) is 7.23. The Morgan fingerprint density at radius 3 is 2.33 bits per heavy atom. The Balaban J connectivity index is 2.99. The predicted molar refractivity (Wildman–Crippen MR) is 87.3 cm³/mol. The van der Waals surface area contributed by atoms with Crippen LogP contribution in [0.15, 0.2) is 18.3 Å². The van der Waals surface area contributed by atoms with Gasteiger partial charge in [-0.2, -0.15) is 0 Å². The van der Waals surface area contributed by atoms with E-state index in [1.54, 1.807) is 18.3 Å². The second-order valence-corrected chi connectivity index (χ2v) is 12.3. The first-order chi connectivity index (χ1) is 9.36. The molecule has 1 N–H and O–H groups in total. The molecule has 0 unspecified atom stereocenters. The molecule has 1 rings (SSSR count). The number of pyridine rings is 1. The topological polar surface area (TPSA) is 59.4 Å². The van der Waals surface area contributed by atoms with E-state index >= 15 is 0 Å². The van der Waals surface area contributed by atoms with E-state index in [0.717, 1.165) is 0 Å². The van der Waals surface area contributed by atoms with Crippen molar-refractivity contribution in [3.63, 3.8) is 0 Å². The third-order valence-corrected chi connectivity index (χ3v) is 8.73. The molecule has 5 heteroatoms. The monoisotopic (exact) mass is 309 g/mol. The summed E-state index contributed by atoms with van der Waals surface area (Å²) in [5.41, 5.74) is 0.389. The van der Waals surface area contributed by atoms with Crippen LogP contribution in [0.5, 0.6) is 0 Å². The van der Waals surface area contributed by atoms with Crippen molar-refractivity contribution in [2.45, 2.75) is 64.8 Å². The lowest BCUT2D eigenvalue weighted by molar-refractivity contribution is 0.0689. The molecule has 0 aliphatic rings. The summed E-state index contributed by atoms with van der Waals surface area (Å²) < 4.78 is 6.43. The summed E-state index contributed by atoms with van der Waals surface area (Å²) in [5, 5.41) is 9.37. The van der Waals surface area contributed by atoms with Gasteiger partial charge in [0.2, 0.25) is 0 Å². The van der Waals surface area contributed by atoms with Crippen LogP contribution in [0.3, 0.4) is 0 Å². The van der Waals surface area contributed by atoms with Gasteiger partial charge >= 0.3 is 5.97 Å².